The van der Waals surface area contributed by atoms with E-state index in [-0.39, 0.29) is 0 Å². The van der Waals surface area contributed by atoms with Gasteiger partial charge in [0.15, 0.2) is 0 Å². The van der Waals surface area contributed by atoms with Gasteiger partial charge in [-0.3, -0.25) is 0 Å². The van der Waals surface area contributed by atoms with Gasteiger partial charge in [-0.1, -0.05) is 194 Å². The van der Waals surface area contributed by atoms with Crippen molar-refractivity contribution in [1.29, 1.82) is 0 Å². The Balaban J connectivity index is 1.000. The van der Waals surface area contributed by atoms with Crippen molar-refractivity contribution in [2.75, 3.05) is 0 Å². The maximum Gasteiger partial charge on any atom is 0.0788 e. The van der Waals surface area contributed by atoms with Crippen LogP contribution in [0.2, 0.25) is 0 Å². The van der Waals surface area contributed by atoms with Gasteiger partial charge in [-0.25, -0.2) is 4.98 Å². The molecule has 0 unspecified atom stereocenters. The topological polar surface area (TPSA) is 22.8 Å². The third kappa shape index (κ3) is 5.75. The lowest BCUT2D eigenvalue weighted by atomic mass is 9.67. The highest BCUT2D eigenvalue weighted by molar-refractivity contribution is 6.14. The van der Waals surface area contributed by atoms with E-state index in [4.69, 9.17) is 4.98 Å². The second-order valence-corrected chi connectivity index (χ2v) is 19.0. The van der Waals surface area contributed by atoms with Gasteiger partial charge in [0.2, 0.25) is 0 Å². The van der Waals surface area contributed by atoms with Gasteiger partial charge in [0.25, 0.3) is 0 Å². The number of pyridine rings is 1. The van der Waals surface area contributed by atoms with Crippen molar-refractivity contribution in [2.24, 2.45) is 0 Å². The van der Waals surface area contributed by atoms with Crippen LogP contribution in [0.1, 0.15) is 22.3 Å². The van der Waals surface area contributed by atoms with Crippen molar-refractivity contribution >= 4 is 65.3 Å². The molecule has 15 rings (SSSR count). The molecule has 0 bridgehead atoms. The quantitative estimate of drug-likeness (QED) is 0.152. The van der Waals surface area contributed by atoms with E-state index in [2.05, 4.69) is 270 Å². The maximum atomic E-state index is 5.62. The lowest BCUT2D eigenvalue weighted by Gasteiger charge is -2.34. The van der Waals surface area contributed by atoms with Gasteiger partial charge < -0.3 is 9.13 Å². The monoisotopic (exact) mass is 901 g/mol. The number of nitrogens with zero attached hydrogens (tertiary/aromatic N) is 3. The van der Waals surface area contributed by atoms with Crippen molar-refractivity contribution in [1.82, 2.24) is 14.1 Å². The van der Waals surface area contributed by atoms with Gasteiger partial charge in [-0.05, 0) is 117 Å². The number of para-hydroxylation sites is 5. The molecular weight excluding hydrogens is 859 g/mol. The number of aromatic nitrogens is 3. The largest absolute Gasteiger partial charge is 0.309 e. The van der Waals surface area contributed by atoms with Gasteiger partial charge >= 0.3 is 0 Å². The lowest BCUT2D eigenvalue weighted by molar-refractivity contribution is 0.769. The molecule has 0 saturated heterocycles. The Kier molecular flexibility index (Phi) is 8.57. The minimum atomic E-state index is -0.538. The minimum Gasteiger partial charge on any atom is -0.309 e. The van der Waals surface area contributed by atoms with E-state index in [1.54, 1.807) is 0 Å². The molecule has 71 heavy (non-hydrogen) atoms. The summed E-state index contributed by atoms with van der Waals surface area (Å²) in [5, 5.41) is 8.43. The Bertz CT molecular complexity index is 4180. The Morgan fingerprint density at radius 2 is 0.761 bits per heavy atom. The molecular formula is C68H43N3. The fourth-order valence-corrected chi connectivity index (χ4v) is 12.4. The van der Waals surface area contributed by atoms with Crippen LogP contribution < -0.4 is 0 Å². The van der Waals surface area contributed by atoms with Gasteiger partial charge in [0.05, 0.1) is 38.7 Å². The first kappa shape index (κ1) is 39.7. The van der Waals surface area contributed by atoms with Crippen molar-refractivity contribution < 1.29 is 0 Å². The summed E-state index contributed by atoms with van der Waals surface area (Å²) >= 11 is 0. The van der Waals surface area contributed by atoms with Crippen LogP contribution in [-0.2, 0) is 5.41 Å². The van der Waals surface area contributed by atoms with Crippen LogP contribution in [0.15, 0.2) is 261 Å². The number of rotatable bonds is 6. The smallest absolute Gasteiger partial charge is 0.0788 e. The van der Waals surface area contributed by atoms with Crippen LogP contribution in [0.5, 0.6) is 0 Å². The van der Waals surface area contributed by atoms with Gasteiger partial charge in [0.1, 0.15) is 0 Å². The van der Waals surface area contributed by atoms with Crippen molar-refractivity contribution in [3.63, 3.8) is 0 Å². The SMILES string of the molecule is c1ccc(C2(c3ccccc3)c3ccccc3-c3cc4c(cc32)c(-c2cccc(-c3cc(-n5c6ccccc6c6ccccc65)cc(-n5c6ccccc6c6ccccc65)c3)c2)nc2ccccc24)cc1. The highest BCUT2D eigenvalue weighted by Crippen LogP contribution is 2.57. The molecule has 11 aromatic carbocycles. The predicted molar refractivity (Wildman–Crippen MR) is 296 cm³/mol. The van der Waals surface area contributed by atoms with E-state index < -0.39 is 5.41 Å². The molecule has 1 aliphatic carbocycles. The Labute approximate surface area is 410 Å². The zero-order valence-electron chi connectivity index (χ0n) is 38.7. The summed E-state index contributed by atoms with van der Waals surface area (Å²) in [4.78, 5) is 5.62. The molecule has 3 aromatic heterocycles. The Hall–Kier alpha value is -9.31. The average molecular weight is 902 g/mol. The van der Waals surface area contributed by atoms with E-state index in [1.807, 2.05) is 0 Å². The minimum absolute atomic E-state index is 0.538. The number of benzene rings is 11. The van der Waals surface area contributed by atoms with Crippen LogP contribution in [0.25, 0.3) is 110 Å². The van der Waals surface area contributed by atoms with Crippen LogP contribution in [-0.4, -0.2) is 14.1 Å². The summed E-state index contributed by atoms with van der Waals surface area (Å²) in [6, 6.07) is 96.1. The number of hydrogen-bond acceptors (Lipinski definition) is 1. The zero-order chi connectivity index (χ0) is 46.6. The van der Waals surface area contributed by atoms with Crippen LogP contribution >= 0.6 is 0 Å². The standard InChI is InChI=1S/C68H43N3/c1-3-22-47(23-4-1)68(48-24-5-2-6-25-48)60-32-13-7-26-51(60)58-42-57-52-27-8-14-33-62(52)69-67(59(57)43-61(58)68)45-21-19-20-44(38-45)46-39-49(70-63-34-15-9-28-53(63)54-29-10-16-35-64(54)70)41-50(40-46)71-65-36-17-11-30-55(65)56-31-12-18-37-66(56)71/h1-43H. The first-order chi connectivity index (χ1) is 35.2. The van der Waals surface area contributed by atoms with Gasteiger partial charge in [-0.15, -0.1) is 0 Å². The molecule has 14 aromatic rings. The van der Waals surface area contributed by atoms with Crippen LogP contribution in [0.4, 0.5) is 0 Å². The molecule has 0 amide bonds. The molecule has 3 heterocycles. The molecule has 3 heteroatoms. The molecule has 0 aliphatic heterocycles. The molecule has 3 nitrogen and oxygen atoms in total. The molecule has 0 fully saturated rings. The summed E-state index contributed by atoms with van der Waals surface area (Å²) in [7, 11) is 0. The lowest BCUT2D eigenvalue weighted by Crippen LogP contribution is -2.28. The van der Waals surface area contributed by atoms with Crippen LogP contribution in [0, 0.1) is 0 Å². The van der Waals surface area contributed by atoms with Crippen molar-refractivity contribution in [3.05, 3.63) is 283 Å². The third-order valence-corrected chi connectivity index (χ3v) is 15.3. The summed E-state index contributed by atoms with van der Waals surface area (Å²) in [6.07, 6.45) is 0. The summed E-state index contributed by atoms with van der Waals surface area (Å²) in [5.74, 6) is 0. The van der Waals surface area contributed by atoms with E-state index in [9.17, 15) is 0 Å². The molecule has 0 spiro atoms. The number of fused-ring (bicyclic) bond motifs is 12. The molecule has 0 radical (unpaired) electrons. The highest BCUT2D eigenvalue weighted by Gasteiger charge is 2.46. The van der Waals surface area contributed by atoms with Crippen molar-refractivity contribution in [2.45, 2.75) is 5.41 Å². The first-order valence-electron chi connectivity index (χ1n) is 24.5. The fourth-order valence-electron chi connectivity index (χ4n) is 12.4. The molecule has 330 valence electrons. The van der Waals surface area contributed by atoms with Gasteiger partial charge in [0, 0.05) is 49.3 Å². The zero-order valence-corrected chi connectivity index (χ0v) is 38.7. The molecule has 0 N–H and O–H groups in total. The normalized spacial score (nSPS) is 12.9. The first-order valence-corrected chi connectivity index (χ1v) is 24.5. The second kappa shape index (κ2) is 15.3. The van der Waals surface area contributed by atoms with E-state index >= 15 is 0 Å². The summed E-state index contributed by atoms with van der Waals surface area (Å²) in [6.45, 7) is 0. The van der Waals surface area contributed by atoms with Crippen LogP contribution in [0.3, 0.4) is 0 Å². The highest BCUT2D eigenvalue weighted by atomic mass is 15.0. The molecule has 0 saturated carbocycles. The Morgan fingerprint density at radius 1 is 0.282 bits per heavy atom. The Morgan fingerprint density at radius 3 is 1.34 bits per heavy atom. The van der Waals surface area contributed by atoms with Gasteiger partial charge in [-0.2, -0.15) is 0 Å². The summed E-state index contributed by atoms with van der Waals surface area (Å²) in [5.41, 5.74) is 19.2. The summed E-state index contributed by atoms with van der Waals surface area (Å²) < 4.78 is 4.89. The number of hydrogen-bond donors (Lipinski definition) is 0. The maximum absolute atomic E-state index is 5.62. The van der Waals surface area contributed by atoms with Crippen molar-refractivity contribution in [3.8, 4) is 44.9 Å². The molecule has 1 aliphatic rings. The van der Waals surface area contributed by atoms with E-state index in [0.29, 0.717) is 0 Å². The van der Waals surface area contributed by atoms with E-state index in [1.165, 1.54) is 82.4 Å². The fraction of sp³-hybridized carbons (Fsp3) is 0.0147. The molecule has 0 atom stereocenters. The second-order valence-electron chi connectivity index (χ2n) is 19.0. The van der Waals surface area contributed by atoms with E-state index in [0.717, 1.165) is 50.0 Å². The third-order valence-electron chi connectivity index (χ3n) is 15.3. The average Bonchev–Trinajstić information content (AvgIpc) is 4.07. The predicted octanol–water partition coefficient (Wildman–Crippen LogP) is 17.3.